The molecule has 96 valence electrons. The molecular weight excluding hydrogens is 312 g/mol. The lowest BCUT2D eigenvalue weighted by Gasteiger charge is -2.21. The van der Waals surface area contributed by atoms with Crippen LogP contribution in [0, 0.1) is 0 Å². The molecule has 1 aliphatic heterocycles. The van der Waals surface area contributed by atoms with Crippen molar-refractivity contribution >= 4 is 44.7 Å². The molecule has 0 spiro atoms. The molecule has 1 amide bonds. The number of halogens is 1. The number of carbonyl (C=O) groups excluding carboxylic acids is 1. The van der Waals surface area contributed by atoms with Gasteiger partial charge in [0, 0.05) is 28.7 Å². The zero-order valence-electron chi connectivity index (χ0n) is 9.99. The minimum Gasteiger partial charge on any atom is -0.389 e. The molecule has 0 aromatic heterocycles. The van der Waals surface area contributed by atoms with Crippen molar-refractivity contribution in [2.24, 2.45) is 5.73 Å². The number of thiocarbonyl (C=S) groups is 1. The summed E-state index contributed by atoms with van der Waals surface area (Å²) in [6.45, 7) is 0.789. The Labute approximate surface area is 120 Å². The van der Waals surface area contributed by atoms with Crippen molar-refractivity contribution in [3.05, 3.63) is 28.2 Å². The summed E-state index contributed by atoms with van der Waals surface area (Å²) in [6, 6.07) is 5.68. The Morgan fingerprint density at radius 3 is 2.78 bits per heavy atom. The summed E-state index contributed by atoms with van der Waals surface area (Å²) in [7, 11) is 0. The summed E-state index contributed by atoms with van der Waals surface area (Å²) in [5.41, 5.74) is 7.33. The quantitative estimate of drug-likeness (QED) is 0.850. The lowest BCUT2D eigenvalue weighted by Crippen LogP contribution is -2.30. The smallest absolute Gasteiger partial charge is 0.226 e. The van der Waals surface area contributed by atoms with E-state index in [0.29, 0.717) is 11.4 Å². The van der Waals surface area contributed by atoms with E-state index >= 15 is 0 Å². The van der Waals surface area contributed by atoms with Gasteiger partial charge in [-0.25, -0.2) is 0 Å². The molecule has 1 heterocycles. The molecule has 0 radical (unpaired) electrons. The van der Waals surface area contributed by atoms with E-state index in [1.54, 1.807) is 0 Å². The second-order valence-corrected chi connectivity index (χ2v) is 5.68. The van der Waals surface area contributed by atoms with E-state index in [4.69, 9.17) is 18.0 Å². The molecule has 0 atom stereocenters. The summed E-state index contributed by atoms with van der Waals surface area (Å²) in [5.74, 6) is 0.197. The van der Waals surface area contributed by atoms with E-state index in [2.05, 4.69) is 15.9 Å². The Hall–Kier alpha value is -0.940. The molecule has 0 saturated carbocycles. The highest BCUT2D eigenvalue weighted by Gasteiger charge is 2.19. The zero-order chi connectivity index (χ0) is 13.1. The molecule has 3 nitrogen and oxygen atoms in total. The third-order valence-corrected chi connectivity index (χ3v) is 3.98. The summed E-state index contributed by atoms with van der Waals surface area (Å²) < 4.78 is 0.838. The van der Waals surface area contributed by atoms with Gasteiger partial charge in [0.05, 0.1) is 0 Å². The first kappa shape index (κ1) is 13.5. The highest BCUT2D eigenvalue weighted by Crippen LogP contribution is 2.26. The number of hydrogen-bond acceptors (Lipinski definition) is 2. The SMILES string of the molecule is NC(=S)c1ccc(N2CCCCCC2=O)cc1Br. The Bertz CT molecular complexity index is 490. The van der Waals surface area contributed by atoms with Crippen LogP contribution < -0.4 is 10.6 Å². The highest BCUT2D eigenvalue weighted by molar-refractivity contribution is 9.10. The van der Waals surface area contributed by atoms with Crippen LogP contribution in [0.25, 0.3) is 0 Å². The number of rotatable bonds is 2. The molecule has 18 heavy (non-hydrogen) atoms. The molecule has 1 aromatic carbocycles. The lowest BCUT2D eigenvalue weighted by molar-refractivity contribution is -0.118. The molecular formula is C13H15BrN2OS. The van der Waals surface area contributed by atoms with Crippen LogP contribution in [0.3, 0.4) is 0 Å². The van der Waals surface area contributed by atoms with Crippen LogP contribution in [-0.4, -0.2) is 17.4 Å². The largest absolute Gasteiger partial charge is 0.389 e. The predicted octanol–water partition coefficient (Wildman–Crippen LogP) is 2.99. The van der Waals surface area contributed by atoms with Gasteiger partial charge in [0.15, 0.2) is 0 Å². The molecule has 5 heteroatoms. The standard InChI is InChI=1S/C13H15BrN2OS/c14-11-8-9(5-6-10(11)13(15)18)16-7-3-1-2-4-12(16)17/h5-6,8H,1-4,7H2,(H2,15,18). The first-order valence-electron chi connectivity index (χ1n) is 5.99. The van der Waals surface area contributed by atoms with Crippen molar-refractivity contribution in [1.29, 1.82) is 0 Å². The molecule has 1 aromatic rings. The molecule has 0 bridgehead atoms. The lowest BCUT2D eigenvalue weighted by atomic mass is 10.2. The fourth-order valence-corrected chi connectivity index (χ4v) is 3.02. The normalized spacial score (nSPS) is 16.5. The number of benzene rings is 1. The fourth-order valence-electron chi connectivity index (χ4n) is 2.13. The Morgan fingerprint density at radius 1 is 1.33 bits per heavy atom. The van der Waals surface area contributed by atoms with Gasteiger partial charge in [-0.15, -0.1) is 0 Å². The van der Waals surface area contributed by atoms with Crippen LogP contribution in [-0.2, 0) is 4.79 Å². The number of carbonyl (C=O) groups is 1. The Morgan fingerprint density at radius 2 is 2.11 bits per heavy atom. The topological polar surface area (TPSA) is 46.3 Å². The number of anilines is 1. The predicted molar refractivity (Wildman–Crippen MR) is 80.9 cm³/mol. The van der Waals surface area contributed by atoms with Crippen molar-refractivity contribution in [2.45, 2.75) is 25.7 Å². The van der Waals surface area contributed by atoms with Gasteiger partial charge in [-0.1, -0.05) is 18.6 Å². The van der Waals surface area contributed by atoms with Crippen LogP contribution in [0.15, 0.2) is 22.7 Å². The van der Waals surface area contributed by atoms with Gasteiger partial charge in [0.25, 0.3) is 0 Å². The molecule has 0 aliphatic carbocycles. The van der Waals surface area contributed by atoms with E-state index in [-0.39, 0.29) is 5.91 Å². The van der Waals surface area contributed by atoms with Gasteiger partial charge in [-0.3, -0.25) is 4.79 Å². The zero-order valence-corrected chi connectivity index (χ0v) is 12.4. The second kappa shape index (κ2) is 5.80. The summed E-state index contributed by atoms with van der Waals surface area (Å²) in [6.07, 6.45) is 3.80. The van der Waals surface area contributed by atoms with Gasteiger partial charge >= 0.3 is 0 Å². The minimum atomic E-state index is 0.197. The average Bonchev–Trinajstić information content (AvgIpc) is 2.53. The second-order valence-electron chi connectivity index (χ2n) is 4.38. The van der Waals surface area contributed by atoms with E-state index in [9.17, 15) is 4.79 Å². The van der Waals surface area contributed by atoms with E-state index in [1.165, 1.54) is 0 Å². The fraction of sp³-hybridized carbons (Fsp3) is 0.385. The van der Waals surface area contributed by atoms with Crippen LogP contribution in [0.4, 0.5) is 5.69 Å². The van der Waals surface area contributed by atoms with Crippen molar-refractivity contribution in [2.75, 3.05) is 11.4 Å². The first-order chi connectivity index (χ1) is 8.59. The summed E-state index contributed by atoms with van der Waals surface area (Å²) in [4.78, 5) is 14.2. The van der Waals surface area contributed by atoms with Gasteiger partial charge in [0.2, 0.25) is 5.91 Å². The van der Waals surface area contributed by atoms with Crippen molar-refractivity contribution in [3.8, 4) is 0 Å². The highest BCUT2D eigenvalue weighted by atomic mass is 79.9. The third kappa shape index (κ3) is 2.90. The maximum absolute atomic E-state index is 12.0. The van der Waals surface area contributed by atoms with E-state index in [0.717, 1.165) is 41.5 Å². The molecule has 1 saturated heterocycles. The Kier molecular flexibility index (Phi) is 4.35. The first-order valence-corrected chi connectivity index (χ1v) is 7.19. The van der Waals surface area contributed by atoms with E-state index < -0.39 is 0 Å². The van der Waals surface area contributed by atoms with Gasteiger partial charge in [-0.2, -0.15) is 0 Å². The van der Waals surface area contributed by atoms with Gasteiger partial charge < -0.3 is 10.6 Å². The average molecular weight is 327 g/mol. The summed E-state index contributed by atoms with van der Waals surface area (Å²) in [5, 5.41) is 0. The molecule has 2 rings (SSSR count). The van der Waals surface area contributed by atoms with Crippen molar-refractivity contribution < 1.29 is 4.79 Å². The van der Waals surface area contributed by atoms with Crippen molar-refractivity contribution in [1.82, 2.24) is 0 Å². The molecule has 0 unspecified atom stereocenters. The summed E-state index contributed by atoms with van der Waals surface area (Å²) >= 11 is 8.41. The van der Waals surface area contributed by atoms with Gasteiger partial charge in [-0.05, 0) is 47.0 Å². The van der Waals surface area contributed by atoms with E-state index in [1.807, 2.05) is 23.1 Å². The molecule has 1 aliphatic rings. The van der Waals surface area contributed by atoms with Crippen LogP contribution in [0.1, 0.15) is 31.2 Å². The molecule has 2 N–H and O–H groups in total. The van der Waals surface area contributed by atoms with Gasteiger partial charge in [0.1, 0.15) is 4.99 Å². The maximum Gasteiger partial charge on any atom is 0.226 e. The number of hydrogen-bond donors (Lipinski definition) is 1. The van der Waals surface area contributed by atoms with Crippen LogP contribution in [0.2, 0.25) is 0 Å². The monoisotopic (exact) mass is 326 g/mol. The van der Waals surface area contributed by atoms with Crippen LogP contribution >= 0.6 is 28.1 Å². The maximum atomic E-state index is 12.0. The Balaban J connectivity index is 2.30. The number of nitrogens with zero attached hydrogens (tertiary/aromatic N) is 1. The minimum absolute atomic E-state index is 0.197. The van der Waals surface area contributed by atoms with Crippen molar-refractivity contribution in [3.63, 3.8) is 0 Å². The van der Waals surface area contributed by atoms with Crippen LogP contribution in [0.5, 0.6) is 0 Å². The number of amides is 1. The third-order valence-electron chi connectivity index (χ3n) is 3.10. The number of nitrogens with two attached hydrogens (primary N) is 1. The molecule has 1 fully saturated rings.